The molecule has 3 nitrogen and oxygen atoms in total. The van der Waals surface area contributed by atoms with Crippen molar-refractivity contribution < 1.29 is 0 Å². The van der Waals surface area contributed by atoms with Crippen molar-refractivity contribution in [1.29, 1.82) is 0 Å². The average Bonchev–Trinajstić information content (AvgIpc) is 3.85. The molecule has 4 aromatic heterocycles. The van der Waals surface area contributed by atoms with Gasteiger partial charge in [0.1, 0.15) is 0 Å². The average molecular weight is 660 g/mol. The van der Waals surface area contributed by atoms with E-state index < -0.39 is 0 Å². The van der Waals surface area contributed by atoms with Gasteiger partial charge < -0.3 is 4.57 Å². The summed E-state index contributed by atoms with van der Waals surface area (Å²) in [5, 5.41) is 8.99. The summed E-state index contributed by atoms with van der Waals surface area (Å²) in [6, 6.07) is 54.5. The summed E-state index contributed by atoms with van der Waals surface area (Å²) in [7, 11) is 0. The highest BCUT2D eigenvalue weighted by molar-refractivity contribution is 7.27. The van der Waals surface area contributed by atoms with Crippen molar-refractivity contribution in [3.63, 3.8) is 0 Å². The van der Waals surface area contributed by atoms with E-state index in [9.17, 15) is 0 Å². The third-order valence-corrected chi connectivity index (χ3v) is 12.2. The summed E-state index contributed by atoms with van der Waals surface area (Å²) in [4.78, 5) is 10.3. The van der Waals surface area contributed by atoms with Crippen molar-refractivity contribution in [3.8, 4) is 28.3 Å². The molecule has 0 bridgehead atoms. The van der Waals surface area contributed by atoms with Crippen LogP contribution in [0.4, 0.5) is 0 Å². The zero-order valence-electron chi connectivity index (χ0n) is 26.1. The molecule has 0 saturated heterocycles. The number of para-hydroxylation sites is 1. The van der Waals surface area contributed by atoms with Crippen molar-refractivity contribution in [2.45, 2.75) is 0 Å². The van der Waals surface area contributed by atoms with Gasteiger partial charge in [-0.25, -0.2) is 9.97 Å². The first kappa shape index (κ1) is 27.1. The zero-order chi connectivity index (χ0) is 32.1. The molecule has 0 amide bonds. The third-order valence-electron chi connectivity index (χ3n) is 9.80. The van der Waals surface area contributed by atoms with Gasteiger partial charge in [-0.05, 0) is 35.7 Å². The number of rotatable bonds is 3. The lowest BCUT2D eigenvalue weighted by Gasteiger charge is -2.12. The Morgan fingerprint density at radius 1 is 0.429 bits per heavy atom. The molecule has 0 aliphatic carbocycles. The molecule has 0 atom stereocenters. The van der Waals surface area contributed by atoms with Crippen LogP contribution in [0.25, 0.3) is 101 Å². The number of hydrogen-bond donors (Lipinski definition) is 0. The highest BCUT2D eigenvalue weighted by Gasteiger charge is 2.22. The number of aromatic nitrogens is 3. The summed E-state index contributed by atoms with van der Waals surface area (Å²) in [5.74, 6) is 0.747. The molecule has 0 saturated carbocycles. The van der Waals surface area contributed by atoms with Crippen molar-refractivity contribution in [1.82, 2.24) is 14.5 Å². The van der Waals surface area contributed by atoms with E-state index in [1.807, 2.05) is 29.5 Å². The highest BCUT2D eigenvalue weighted by Crippen LogP contribution is 2.48. The molecule has 5 heteroatoms. The Labute approximate surface area is 289 Å². The maximum absolute atomic E-state index is 5.23. The van der Waals surface area contributed by atoms with Gasteiger partial charge in [0, 0.05) is 63.2 Å². The molecule has 0 fully saturated rings. The first-order valence-corrected chi connectivity index (χ1v) is 18.1. The number of fused-ring (bicyclic) bond motifs is 13. The molecule has 0 aliphatic rings. The van der Waals surface area contributed by atoms with Gasteiger partial charge in [-0.15, -0.1) is 22.7 Å². The van der Waals surface area contributed by atoms with E-state index in [1.54, 1.807) is 11.3 Å². The van der Waals surface area contributed by atoms with Crippen LogP contribution in [0.5, 0.6) is 0 Å². The van der Waals surface area contributed by atoms with E-state index in [1.165, 1.54) is 62.8 Å². The Kier molecular flexibility index (Phi) is 5.70. The van der Waals surface area contributed by atoms with Gasteiger partial charge in [0.25, 0.3) is 0 Å². The standard InChI is InChI=1S/C44H25N3S2/c1-2-12-27(13-3-1)44-45-39(43-40(46-44)33-18-8-11-21-36(33)49-43)26-22-24-28(25-23-26)47-34-19-9-6-16-31(34)37-29-14-4-5-15-30(29)42-38(41(37)47)32-17-7-10-20-35(32)48-42/h1-25H. The van der Waals surface area contributed by atoms with Crippen molar-refractivity contribution in [2.24, 2.45) is 0 Å². The fourth-order valence-electron chi connectivity index (χ4n) is 7.66. The SMILES string of the molecule is c1ccc(-c2nc(-c3ccc(-n4c5ccccc5c5c6ccccc6c6sc7ccccc7c6c54)cc3)c3sc4ccccc4c3n2)cc1. The van der Waals surface area contributed by atoms with Crippen LogP contribution < -0.4 is 0 Å². The van der Waals surface area contributed by atoms with Gasteiger partial charge in [-0.1, -0.05) is 121 Å². The van der Waals surface area contributed by atoms with Crippen LogP contribution in [0.2, 0.25) is 0 Å². The predicted octanol–water partition coefficient (Wildman–Crippen LogP) is 12.8. The fraction of sp³-hybridized carbons (Fsp3) is 0. The molecule has 4 heterocycles. The largest absolute Gasteiger partial charge is 0.309 e. The minimum atomic E-state index is 0.747. The summed E-state index contributed by atoms with van der Waals surface area (Å²) in [6.45, 7) is 0. The van der Waals surface area contributed by atoms with Gasteiger partial charge >= 0.3 is 0 Å². The molecular weight excluding hydrogens is 635 g/mol. The summed E-state index contributed by atoms with van der Waals surface area (Å²) < 4.78 is 7.47. The van der Waals surface area contributed by atoms with E-state index in [0.29, 0.717) is 0 Å². The van der Waals surface area contributed by atoms with Crippen LogP contribution in [0, 0.1) is 0 Å². The molecule has 7 aromatic carbocycles. The lowest BCUT2D eigenvalue weighted by atomic mass is 10.00. The summed E-state index contributed by atoms with van der Waals surface area (Å²) >= 11 is 3.66. The van der Waals surface area contributed by atoms with Crippen molar-refractivity contribution in [3.05, 3.63) is 152 Å². The predicted molar refractivity (Wildman–Crippen MR) is 211 cm³/mol. The summed E-state index contributed by atoms with van der Waals surface area (Å²) in [6.07, 6.45) is 0. The monoisotopic (exact) mass is 659 g/mol. The lowest BCUT2D eigenvalue weighted by Crippen LogP contribution is -1.96. The Morgan fingerprint density at radius 3 is 1.84 bits per heavy atom. The van der Waals surface area contributed by atoms with Gasteiger partial charge in [0.2, 0.25) is 0 Å². The summed E-state index contributed by atoms with van der Waals surface area (Å²) in [5.41, 5.74) is 7.68. The molecule has 0 unspecified atom stereocenters. The topological polar surface area (TPSA) is 30.7 Å². The molecule has 0 aliphatic heterocycles. The molecule has 49 heavy (non-hydrogen) atoms. The maximum atomic E-state index is 5.23. The fourth-order valence-corrected chi connectivity index (χ4v) is 10.1. The van der Waals surface area contributed by atoms with Crippen LogP contribution in [0.15, 0.2) is 152 Å². The van der Waals surface area contributed by atoms with Gasteiger partial charge in [0.15, 0.2) is 5.82 Å². The molecule has 11 aromatic rings. The van der Waals surface area contributed by atoms with E-state index in [0.717, 1.165) is 38.5 Å². The molecule has 228 valence electrons. The molecule has 0 radical (unpaired) electrons. The van der Waals surface area contributed by atoms with Crippen molar-refractivity contribution >= 4 is 95.7 Å². The Bertz CT molecular complexity index is 3090. The smallest absolute Gasteiger partial charge is 0.160 e. The second kappa shape index (κ2) is 10.3. The van der Waals surface area contributed by atoms with Gasteiger partial charge in [-0.2, -0.15) is 0 Å². The van der Waals surface area contributed by atoms with Crippen LogP contribution in [0.3, 0.4) is 0 Å². The van der Waals surface area contributed by atoms with E-state index in [-0.39, 0.29) is 0 Å². The molecule has 0 spiro atoms. The Hall–Kier alpha value is -5.88. The van der Waals surface area contributed by atoms with Crippen LogP contribution >= 0.6 is 22.7 Å². The van der Waals surface area contributed by atoms with Gasteiger partial charge in [-0.3, -0.25) is 0 Å². The van der Waals surface area contributed by atoms with E-state index >= 15 is 0 Å². The molecule has 0 N–H and O–H groups in total. The van der Waals surface area contributed by atoms with E-state index in [4.69, 9.17) is 9.97 Å². The second-order valence-electron chi connectivity index (χ2n) is 12.5. The highest BCUT2D eigenvalue weighted by atomic mass is 32.1. The van der Waals surface area contributed by atoms with Crippen LogP contribution in [-0.2, 0) is 0 Å². The number of hydrogen-bond acceptors (Lipinski definition) is 4. The Balaban J connectivity index is 1.20. The minimum Gasteiger partial charge on any atom is -0.309 e. The normalized spacial score (nSPS) is 12.1. The van der Waals surface area contributed by atoms with Crippen LogP contribution in [-0.4, -0.2) is 14.5 Å². The third kappa shape index (κ3) is 3.88. The lowest BCUT2D eigenvalue weighted by molar-refractivity contribution is 1.18. The van der Waals surface area contributed by atoms with Crippen LogP contribution in [0.1, 0.15) is 0 Å². The zero-order valence-corrected chi connectivity index (χ0v) is 27.7. The quantitative estimate of drug-likeness (QED) is 0.189. The first-order valence-electron chi connectivity index (χ1n) is 16.4. The molecule has 11 rings (SSSR count). The first-order chi connectivity index (χ1) is 24.3. The van der Waals surface area contributed by atoms with Crippen molar-refractivity contribution in [2.75, 3.05) is 0 Å². The minimum absolute atomic E-state index is 0.747. The number of benzene rings is 7. The molecular formula is C44H25N3S2. The second-order valence-corrected chi connectivity index (χ2v) is 14.6. The maximum Gasteiger partial charge on any atom is 0.160 e. The number of thiophene rings is 2. The van der Waals surface area contributed by atoms with Gasteiger partial charge in [0.05, 0.1) is 26.9 Å². The number of nitrogens with zero attached hydrogens (tertiary/aromatic N) is 3. The Morgan fingerprint density at radius 2 is 1.04 bits per heavy atom. The van der Waals surface area contributed by atoms with E-state index in [2.05, 4.69) is 138 Å².